The summed E-state index contributed by atoms with van der Waals surface area (Å²) in [5.41, 5.74) is 0. The molecule has 0 spiro atoms. The van der Waals surface area contributed by atoms with Gasteiger partial charge in [0.1, 0.15) is 16.6 Å². The summed E-state index contributed by atoms with van der Waals surface area (Å²) in [7, 11) is 0. The first-order chi connectivity index (χ1) is 7.92. The molecule has 0 aliphatic carbocycles. The Balaban J connectivity index is 2.30. The number of nitrogens with zero attached hydrogens (tertiary/aromatic N) is 2. The molecular formula is C9H12BrF3N2OS. The van der Waals surface area contributed by atoms with E-state index in [-0.39, 0.29) is 11.4 Å². The summed E-state index contributed by atoms with van der Waals surface area (Å²) >= 11 is 4.83. The number of alkyl halides is 4. The number of hydrogen-bond donors (Lipinski definition) is 0. The predicted molar refractivity (Wildman–Crippen MR) is 62.4 cm³/mol. The van der Waals surface area contributed by atoms with E-state index in [1.54, 1.807) is 0 Å². The SMILES string of the molecule is CCC(Br)c1nnc(CCOCC(F)(F)F)s1. The standard InChI is InChI=1S/C9H12BrF3N2OS/c1-2-6(10)8-15-14-7(17-8)3-4-16-5-9(11,12)13/h6H,2-5H2,1H3. The van der Waals surface area contributed by atoms with Crippen LogP contribution in [0.2, 0.25) is 0 Å². The minimum atomic E-state index is -4.27. The summed E-state index contributed by atoms with van der Waals surface area (Å²) < 4.78 is 39.8. The Hall–Kier alpha value is -0.210. The zero-order valence-corrected chi connectivity index (χ0v) is 11.5. The van der Waals surface area contributed by atoms with Crippen molar-refractivity contribution >= 4 is 27.3 Å². The predicted octanol–water partition coefficient (Wildman–Crippen LogP) is 3.51. The fourth-order valence-electron chi connectivity index (χ4n) is 1.02. The van der Waals surface area contributed by atoms with E-state index >= 15 is 0 Å². The highest BCUT2D eigenvalue weighted by Crippen LogP contribution is 2.28. The average molecular weight is 333 g/mol. The van der Waals surface area contributed by atoms with Crippen molar-refractivity contribution in [2.75, 3.05) is 13.2 Å². The van der Waals surface area contributed by atoms with Crippen molar-refractivity contribution in [3.63, 3.8) is 0 Å². The van der Waals surface area contributed by atoms with E-state index in [1.807, 2.05) is 6.92 Å². The van der Waals surface area contributed by atoms with Crippen LogP contribution < -0.4 is 0 Å². The Morgan fingerprint density at radius 1 is 1.41 bits per heavy atom. The molecule has 0 aromatic carbocycles. The monoisotopic (exact) mass is 332 g/mol. The number of halogens is 4. The molecule has 98 valence electrons. The molecule has 0 saturated heterocycles. The van der Waals surface area contributed by atoms with Crippen LogP contribution in [0.1, 0.15) is 28.2 Å². The molecule has 0 fully saturated rings. The number of hydrogen-bond acceptors (Lipinski definition) is 4. The lowest BCUT2D eigenvalue weighted by Gasteiger charge is -2.05. The van der Waals surface area contributed by atoms with Crippen molar-refractivity contribution in [3.8, 4) is 0 Å². The van der Waals surface area contributed by atoms with Crippen molar-refractivity contribution in [2.24, 2.45) is 0 Å². The second kappa shape index (κ2) is 6.65. The average Bonchev–Trinajstić information content (AvgIpc) is 2.70. The third kappa shape index (κ3) is 5.78. The lowest BCUT2D eigenvalue weighted by molar-refractivity contribution is -0.173. The van der Waals surface area contributed by atoms with Gasteiger partial charge in [0.25, 0.3) is 0 Å². The molecule has 17 heavy (non-hydrogen) atoms. The van der Waals surface area contributed by atoms with Gasteiger partial charge in [0.15, 0.2) is 0 Å². The molecule has 0 bridgehead atoms. The number of rotatable bonds is 6. The van der Waals surface area contributed by atoms with Crippen LogP contribution in [0.3, 0.4) is 0 Å². The van der Waals surface area contributed by atoms with E-state index in [0.717, 1.165) is 11.4 Å². The first-order valence-electron chi connectivity index (χ1n) is 5.03. The molecule has 1 aromatic heterocycles. The maximum absolute atomic E-state index is 11.8. The minimum Gasteiger partial charge on any atom is -0.372 e. The maximum atomic E-state index is 11.8. The first-order valence-corrected chi connectivity index (χ1v) is 6.76. The molecule has 0 saturated carbocycles. The van der Waals surface area contributed by atoms with Gasteiger partial charge < -0.3 is 4.74 Å². The van der Waals surface area contributed by atoms with E-state index in [1.165, 1.54) is 11.3 Å². The fraction of sp³-hybridized carbons (Fsp3) is 0.778. The maximum Gasteiger partial charge on any atom is 0.411 e. The van der Waals surface area contributed by atoms with E-state index in [9.17, 15) is 13.2 Å². The van der Waals surface area contributed by atoms with Crippen LogP contribution in [0.4, 0.5) is 13.2 Å². The summed E-state index contributed by atoms with van der Waals surface area (Å²) in [6.07, 6.45) is -3.02. The second-order valence-corrected chi connectivity index (χ2v) is 5.53. The third-order valence-corrected chi connectivity index (χ3v) is 4.32. The largest absolute Gasteiger partial charge is 0.411 e. The molecule has 0 amide bonds. The lowest BCUT2D eigenvalue weighted by atomic mass is 10.4. The van der Waals surface area contributed by atoms with Crippen LogP contribution >= 0.6 is 27.3 Å². The van der Waals surface area contributed by atoms with E-state index in [2.05, 4.69) is 30.9 Å². The molecule has 8 heteroatoms. The van der Waals surface area contributed by atoms with Gasteiger partial charge in [-0.05, 0) is 6.42 Å². The Bertz CT molecular complexity index is 345. The number of ether oxygens (including phenoxy) is 1. The van der Waals surface area contributed by atoms with Crippen molar-refractivity contribution in [3.05, 3.63) is 10.0 Å². The lowest BCUT2D eigenvalue weighted by Crippen LogP contribution is -2.17. The highest BCUT2D eigenvalue weighted by Gasteiger charge is 2.27. The summed E-state index contributed by atoms with van der Waals surface area (Å²) in [6, 6.07) is 0. The van der Waals surface area contributed by atoms with Gasteiger partial charge in [-0.25, -0.2) is 0 Å². The third-order valence-electron chi connectivity index (χ3n) is 1.83. The van der Waals surface area contributed by atoms with Gasteiger partial charge in [0.05, 0.1) is 11.4 Å². The van der Waals surface area contributed by atoms with E-state index in [4.69, 9.17) is 0 Å². The van der Waals surface area contributed by atoms with Crippen LogP contribution in [0.5, 0.6) is 0 Å². The van der Waals surface area contributed by atoms with Crippen molar-refractivity contribution in [2.45, 2.75) is 30.8 Å². The Morgan fingerprint density at radius 2 is 2.12 bits per heavy atom. The summed E-state index contributed by atoms with van der Waals surface area (Å²) in [5.74, 6) is 0. The fourth-order valence-corrected chi connectivity index (χ4v) is 2.27. The van der Waals surface area contributed by atoms with Gasteiger partial charge in [0.2, 0.25) is 0 Å². The molecule has 3 nitrogen and oxygen atoms in total. The molecule has 1 atom stereocenters. The van der Waals surface area contributed by atoms with E-state index < -0.39 is 12.8 Å². The van der Waals surface area contributed by atoms with E-state index in [0.29, 0.717) is 11.4 Å². The first kappa shape index (κ1) is 14.8. The Kier molecular flexibility index (Phi) is 5.81. The topological polar surface area (TPSA) is 35.0 Å². The van der Waals surface area contributed by atoms with Gasteiger partial charge in [-0.2, -0.15) is 13.2 Å². The van der Waals surface area contributed by atoms with Crippen LogP contribution in [-0.4, -0.2) is 29.6 Å². The van der Waals surface area contributed by atoms with Crippen LogP contribution in [0.15, 0.2) is 0 Å². The van der Waals surface area contributed by atoms with Crippen molar-refractivity contribution in [1.82, 2.24) is 10.2 Å². The van der Waals surface area contributed by atoms with Gasteiger partial charge in [-0.1, -0.05) is 22.9 Å². The minimum absolute atomic E-state index is 0.00716. The zero-order chi connectivity index (χ0) is 12.9. The quantitative estimate of drug-likeness (QED) is 0.590. The molecule has 1 aromatic rings. The smallest absolute Gasteiger partial charge is 0.372 e. The normalized spacial score (nSPS) is 13.9. The highest BCUT2D eigenvalue weighted by molar-refractivity contribution is 9.09. The molecule has 1 unspecified atom stereocenters. The summed E-state index contributed by atoms with van der Waals surface area (Å²) in [5, 5.41) is 9.39. The summed E-state index contributed by atoms with van der Waals surface area (Å²) in [4.78, 5) is 0.157. The number of aromatic nitrogens is 2. The van der Waals surface area contributed by atoms with Gasteiger partial charge >= 0.3 is 6.18 Å². The van der Waals surface area contributed by atoms with Gasteiger partial charge in [-0.15, -0.1) is 21.5 Å². The molecule has 0 aliphatic rings. The van der Waals surface area contributed by atoms with Gasteiger partial charge in [0, 0.05) is 6.42 Å². The molecule has 0 radical (unpaired) electrons. The molecule has 0 aliphatic heterocycles. The highest BCUT2D eigenvalue weighted by atomic mass is 79.9. The molecular weight excluding hydrogens is 321 g/mol. The summed E-state index contributed by atoms with van der Waals surface area (Å²) in [6.45, 7) is 0.800. The van der Waals surface area contributed by atoms with Gasteiger partial charge in [-0.3, -0.25) is 0 Å². The second-order valence-electron chi connectivity index (χ2n) is 3.33. The Labute approximate surface area is 110 Å². The molecule has 1 heterocycles. The van der Waals surface area contributed by atoms with Crippen LogP contribution in [0, 0.1) is 0 Å². The Morgan fingerprint density at radius 3 is 2.71 bits per heavy atom. The van der Waals surface area contributed by atoms with Crippen molar-refractivity contribution < 1.29 is 17.9 Å². The zero-order valence-electron chi connectivity index (χ0n) is 9.13. The molecule has 0 N–H and O–H groups in total. The van der Waals surface area contributed by atoms with Crippen LogP contribution in [-0.2, 0) is 11.2 Å². The van der Waals surface area contributed by atoms with Crippen LogP contribution in [0.25, 0.3) is 0 Å². The van der Waals surface area contributed by atoms with Crippen molar-refractivity contribution in [1.29, 1.82) is 0 Å². The molecule has 1 rings (SSSR count).